The van der Waals surface area contributed by atoms with Gasteiger partial charge in [0, 0.05) is 19.7 Å². The number of aromatic nitrogens is 2. The van der Waals surface area contributed by atoms with Gasteiger partial charge in [-0.3, -0.25) is 0 Å². The molecule has 0 saturated carbocycles. The van der Waals surface area contributed by atoms with Crippen LogP contribution in [-0.4, -0.2) is 28.0 Å². The van der Waals surface area contributed by atoms with Crippen molar-refractivity contribution in [1.29, 1.82) is 0 Å². The van der Waals surface area contributed by atoms with Gasteiger partial charge in [-0.25, -0.2) is 4.68 Å². The number of unbranched alkanes of at least 4 members (excludes halogenated alkanes) is 1. The van der Waals surface area contributed by atoms with Gasteiger partial charge < -0.3 is 16.2 Å². The maximum atomic E-state index is 8.69. The zero-order valence-corrected chi connectivity index (χ0v) is 10.2. The lowest BCUT2D eigenvalue weighted by Crippen LogP contribution is -2.10. The van der Waals surface area contributed by atoms with E-state index in [4.69, 9.17) is 10.8 Å². The van der Waals surface area contributed by atoms with Crippen LogP contribution in [0.1, 0.15) is 31.9 Å². The Morgan fingerprint density at radius 1 is 1.44 bits per heavy atom. The largest absolute Gasteiger partial charge is 0.396 e. The van der Waals surface area contributed by atoms with Gasteiger partial charge in [0.15, 0.2) is 0 Å². The predicted octanol–water partition coefficient (Wildman–Crippen LogP) is 1.37. The topological polar surface area (TPSA) is 76.1 Å². The number of nitrogens with zero attached hydrogens (tertiary/aromatic N) is 2. The Balaban J connectivity index is 2.61. The maximum Gasteiger partial charge on any atom is 0.148 e. The van der Waals surface area contributed by atoms with Gasteiger partial charge in [0.25, 0.3) is 0 Å². The highest BCUT2D eigenvalue weighted by Crippen LogP contribution is 2.22. The second-order valence-corrected chi connectivity index (χ2v) is 3.93. The monoisotopic (exact) mass is 226 g/mol. The van der Waals surface area contributed by atoms with Crippen LogP contribution in [0.2, 0.25) is 0 Å². The molecule has 0 aliphatic heterocycles. The Morgan fingerprint density at radius 3 is 2.81 bits per heavy atom. The summed E-state index contributed by atoms with van der Waals surface area (Å²) in [6.45, 7) is 5.97. The van der Waals surface area contributed by atoms with Crippen LogP contribution in [0.5, 0.6) is 0 Å². The number of nitrogens with one attached hydrogen (secondary N) is 1. The van der Waals surface area contributed by atoms with Crippen LogP contribution >= 0.6 is 0 Å². The molecule has 1 aromatic rings. The van der Waals surface area contributed by atoms with Gasteiger partial charge in [0.05, 0.1) is 11.4 Å². The van der Waals surface area contributed by atoms with Crippen LogP contribution in [0.3, 0.4) is 0 Å². The SMILES string of the molecule is CCCn1nc(C)c(N)c1NCCCCO. The lowest BCUT2D eigenvalue weighted by molar-refractivity contribution is 0.286. The molecule has 16 heavy (non-hydrogen) atoms. The second kappa shape index (κ2) is 6.37. The summed E-state index contributed by atoms with van der Waals surface area (Å²) in [4.78, 5) is 0. The van der Waals surface area contributed by atoms with Crippen molar-refractivity contribution in [2.75, 3.05) is 24.2 Å². The minimum atomic E-state index is 0.240. The number of hydrogen-bond donors (Lipinski definition) is 3. The Hall–Kier alpha value is -1.23. The zero-order valence-electron chi connectivity index (χ0n) is 10.2. The molecular weight excluding hydrogens is 204 g/mol. The van der Waals surface area contributed by atoms with Gasteiger partial charge in [0.2, 0.25) is 0 Å². The van der Waals surface area contributed by atoms with Gasteiger partial charge in [0.1, 0.15) is 5.82 Å². The van der Waals surface area contributed by atoms with E-state index in [1.165, 1.54) is 0 Å². The summed E-state index contributed by atoms with van der Waals surface area (Å²) in [6.07, 6.45) is 2.78. The molecule has 1 aromatic heterocycles. The van der Waals surface area contributed by atoms with E-state index in [1.807, 2.05) is 11.6 Å². The third-order valence-corrected chi connectivity index (χ3v) is 2.49. The molecule has 5 nitrogen and oxygen atoms in total. The minimum Gasteiger partial charge on any atom is -0.396 e. The lowest BCUT2D eigenvalue weighted by Gasteiger charge is -2.09. The van der Waals surface area contributed by atoms with E-state index in [9.17, 15) is 0 Å². The van der Waals surface area contributed by atoms with Crippen LogP contribution < -0.4 is 11.1 Å². The summed E-state index contributed by atoms with van der Waals surface area (Å²) in [5, 5.41) is 16.4. The van der Waals surface area contributed by atoms with E-state index in [0.717, 1.165) is 49.6 Å². The third-order valence-electron chi connectivity index (χ3n) is 2.49. The van der Waals surface area contributed by atoms with Crippen molar-refractivity contribution < 1.29 is 5.11 Å². The molecular formula is C11H22N4O. The average Bonchev–Trinajstić information content (AvgIpc) is 2.52. The summed E-state index contributed by atoms with van der Waals surface area (Å²) in [5.74, 6) is 0.914. The summed E-state index contributed by atoms with van der Waals surface area (Å²) in [5.41, 5.74) is 7.56. The van der Waals surface area contributed by atoms with Crippen LogP contribution in [0, 0.1) is 6.92 Å². The molecule has 0 aliphatic rings. The Kier molecular flexibility index (Phi) is 5.11. The van der Waals surface area contributed by atoms with Crippen LogP contribution in [-0.2, 0) is 6.54 Å². The summed E-state index contributed by atoms with van der Waals surface area (Å²) in [6, 6.07) is 0. The Bertz CT molecular complexity index is 322. The number of aliphatic hydroxyl groups is 1. The summed E-state index contributed by atoms with van der Waals surface area (Å²) in [7, 11) is 0. The molecule has 0 saturated heterocycles. The summed E-state index contributed by atoms with van der Waals surface area (Å²) >= 11 is 0. The molecule has 5 heteroatoms. The predicted molar refractivity (Wildman–Crippen MR) is 66.5 cm³/mol. The van der Waals surface area contributed by atoms with Crippen LogP contribution in [0.4, 0.5) is 11.5 Å². The van der Waals surface area contributed by atoms with Crippen molar-refractivity contribution in [1.82, 2.24) is 9.78 Å². The number of aryl methyl sites for hydroxylation is 2. The molecule has 0 amide bonds. The Labute approximate surface area is 96.6 Å². The molecule has 0 bridgehead atoms. The van der Waals surface area contributed by atoms with Gasteiger partial charge in [-0.1, -0.05) is 6.92 Å². The normalized spacial score (nSPS) is 10.7. The van der Waals surface area contributed by atoms with Crippen molar-refractivity contribution >= 4 is 11.5 Å². The molecule has 0 unspecified atom stereocenters. The van der Waals surface area contributed by atoms with Crippen molar-refractivity contribution in [2.45, 2.75) is 39.7 Å². The standard InChI is InChI=1S/C11H22N4O/c1-3-7-15-11(10(12)9(2)14-15)13-6-4-5-8-16/h13,16H,3-8,12H2,1-2H3. The molecule has 0 radical (unpaired) electrons. The smallest absolute Gasteiger partial charge is 0.148 e. The molecule has 0 atom stereocenters. The van der Waals surface area contributed by atoms with E-state index >= 15 is 0 Å². The van der Waals surface area contributed by atoms with Crippen LogP contribution in [0.15, 0.2) is 0 Å². The van der Waals surface area contributed by atoms with Crippen molar-refractivity contribution in [3.05, 3.63) is 5.69 Å². The molecule has 1 rings (SSSR count). The molecule has 0 aromatic carbocycles. The van der Waals surface area contributed by atoms with Gasteiger partial charge >= 0.3 is 0 Å². The van der Waals surface area contributed by atoms with E-state index in [0.29, 0.717) is 0 Å². The maximum absolute atomic E-state index is 8.69. The highest BCUT2D eigenvalue weighted by Gasteiger charge is 2.10. The molecule has 0 aliphatic carbocycles. The third kappa shape index (κ3) is 3.13. The van der Waals surface area contributed by atoms with E-state index < -0.39 is 0 Å². The highest BCUT2D eigenvalue weighted by atomic mass is 16.2. The Morgan fingerprint density at radius 2 is 2.19 bits per heavy atom. The van der Waals surface area contributed by atoms with Crippen molar-refractivity contribution in [3.63, 3.8) is 0 Å². The first-order valence-electron chi connectivity index (χ1n) is 5.88. The van der Waals surface area contributed by atoms with Crippen LogP contribution in [0.25, 0.3) is 0 Å². The van der Waals surface area contributed by atoms with Gasteiger partial charge in [-0.2, -0.15) is 5.10 Å². The van der Waals surface area contributed by atoms with Crippen molar-refractivity contribution in [3.8, 4) is 0 Å². The number of aliphatic hydroxyl groups excluding tert-OH is 1. The highest BCUT2D eigenvalue weighted by molar-refractivity contribution is 5.64. The first kappa shape index (κ1) is 12.8. The van der Waals surface area contributed by atoms with E-state index in [-0.39, 0.29) is 6.61 Å². The van der Waals surface area contributed by atoms with E-state index in [1.54, 1.807) is 0 Å². The number of rotatable bonds is 7. The fourth-order valence-electron chi connectivity index (χ4n) is 1.60. The molecule has 0 fully saturated rings. The quantitative estimate of drug-likeness (QED) is 0.614. The van der Waals surface area contributed by atoms with Gasteiger partial charge in [-0.15, -0.1) is 0 Å². The number of nitrogens with two attached hydrogens (primary N) is 1. The molecule has 92 valence electrons. The first-order chi connectivity index (χ1) is 7.70. The summed E-state index contributed by atoms with van der Waals surface area (Å²) < 4.78 is 1.92. The molecule has 4 N–H and O–H groups in total. The van der Waals surface area contributed by atoms with E-state index in [2.05, 4.69) is 17.3 Å². The van der Waals surface area contributed by atoms with Crippen molar-refractivity contribution in [2.24, 2.45) is 0 Å². The lowest BCUT2D eigenvalue weighted by atomic mass is 10.3. The molecule has 0 spiro atoms. The minimum absolute atomic E-state index is 0.240. The number of hydrogen-bond acceptors (Lipinski definition) is 4. The fourth-order valence-corrected chi connectivity index (χ4v) is 1.60. The van der Waals surface area contributed by atoms with Gasteiger partial charge in [-0.05, 0) is 26.2 Å². The number of nitrogen functional groups attached to an aromatic ring is 1. The number of anilines is 2. The molecule has 1 heterocycles. The zero-order chi connectivity index (χ0) is 12.0. The second-order valence-electron chi connectivity index (χ2n) is 3.93. The first-order valence-corrected chi connectivity index (χ1v) is 5.88. The average molecular weight is 226 g/mol. The fraction of sp³-hybridized carbons (Fsp3) is 0.727.